The lowest BCUT2D eigenvalue weighted by molar-refractivity contribution is 0.734. The van der Waals surface area contributed by atoms with E-state index in [4.69, 9.17) is 11.6 Å². The maximum Gasteiger partial charge on any atom is 0.160 e. The van der Waals surface area contributed by atoms with Crippen molar-refractivity contribution in [3.63, 3.8) is 0 Å². The van der Waals surface area contributed by atoms with Crippen LogP contribution < -0.4 is 0 Å². The molecule has 3 rings (SSSR count). The van der Waals surface area contributed by atoms with E-state index in [1.54, 1.807) is 6.20 Å². The zero-order valence-corrected chi connectivity index (χ0v) is 15.2. The smallest absolute Gasteiger partial charge is 0.160 e. The molecule has 0 aliphatic carbocycles. The van der Waals surface area contributed by atoms with E-state index in [-0.39, 0.29) is 5.38 Å². The third-order valence-electron chi connectivity index (χ3n) is 3.22. The number of alkyl halides is 1. The van der Waals surface area contributed by atoms with Gasteiger partial charge in [0.05, 0.1) is 11.9 Å². The van der Waals surface area contributed by atoms with Gasteiger partial charge in [-0.25, -0.2) is 9.97 Å². The molecule has 0 N–H and O–H groups in total. The molecule has 1 aromatic carbocycles. The Morgan fingerprint density at radius 3 is 2.76 bits per heavy atom. The molecule has 108 valence electrons. The van der Waals surface area contributed by atoms with Crippen molar-refractivity contribution >= 4 is 54.6 Å². The molecule has 1 unspecified atom stereocenters. The van der Waals surface area contributed by atoms with Crippen LogP contribution in [0.1, 0.15) is 23.7 Å². The van der Waals surface area contributed by atoms with Crippen LogP contribution in [0.3, 0.4) is 0 Å². The lowest BCUT2D eigenvalue weighted by Gasteiger charge is -2.11. The molecule has 2 heterocycles. The summed E-state index contributed by atoms with van der Waals surface area (Å²) in [7, 11) is 0. The number of pyridine rings is 1. The zero-order valence-electron chi connectivity index (χ0n) is 11.2. The highest BCUT2D eigenvalue weighted by atomic mass is 79.9. The van der Waals surface area contributed by atoms with Gasteiger partial charge < -0.3 is 4.57 Å². The van der Waals surface area contributed by atoms with Gasteiger partial charge in [0.15, 0.2) is 5.65 Å². The van der Waals surface area contributed by atoms with E-state index < -0.39 is 0 Å². The summed E-state index contributed by atoms with van der Waals surface area (Å²) >= 11 is 13.3. The summed E-state index contributed by atoms with van der Waals surface area (Å²) in [5.74, 6) is 0.827. The number of fused-ring (bicyclic) bond motifs is 1. The molecule has 2 aromatic heterocycles. The lowest BCUT2D eigenvalue weighted by Crippen LogP contribution is -2.07. The number of nitrogens with zero attached hydrogens (tertiary/aromatic N) is 3. The van der Waals surface area contributed by atoms with Crippen molar-refractivity contribution in [3.8, 4) is 0 Å². The molecule has 0 aliphatic rings. The topological polar surface area (TPSA) is 30.7 Å². The van der Waals surface area contributed by atoms with Crippen LogP contribution in [-0.4, -0.2) is 14.5 Å². The average Bonchev–Trinajstić information content (AvgIpc) is 2.79. The van der Waals surface area contributed by atoms with Crippen LogP contribution in [0.2, 0.25) is 0 Å². The molecule has 0 aliphatic heterocycles. The molecule has 0 saturated carbocycles. The Kier molecular flexibility index (Phi) is 4.33. The van der Waals surface area contributed by atoms with Crippen molar-refractivity contribution in [2.75, 3.05) is 0 Å². The number of imidazole rings is 1. The summed E-state index contributed by atoms with van der Waals surface area (Å²) in [6.45, 7) is 2.60. The summed E-state index contributed by atoms with van der Waals surface area (Å²) in [6, 6.07) is 10.1. The van der Waals surface area contributed by atoms with Crippen LogP contribution in [0.15, 0.2) is 45.5 Å². The molecule has 0 spiro atoms. The lowest BCUT2D eigenvalue weighted by atomic mass is 10.2. The van der Waals surface area contributed by atoms with Gasteiger partial charge >= 0.3 is 0 Å². The second-order valence-electron chi connectivity index (χ2n) is 4.76. The highest BCUT2D eigenvalue weighted by Crippen LogP contribution is 2.27. The van der Waals surface area contributed by atoms with Crippen LogP contribution in [0.25, 0.3) is 11.2 Å². The molecule has 0 bridgehead atoms. The third kappa shape index (κ3) is 3.00. The van der Waals surface area contributed by atoms with E-state index in [2.05, 4.69) is 52.5 Å². The average molecular weight is 430 g/mol. The first kappa shape index (κ1) is 15.0. The maximum atomic E-state index is 6.29. The monoisotopic (exact) mass is 427 g/mol. The van der Waals surface area contributed by atoms with Gasteiger partial charge in [0.2, 0.25) is 0 Å². The minimum atomic E-state index is -0.180. The predicted octanol–water partition coefficient (Wildman–Crippen LogP) is 5.30. The van der Waals surface area contributed by atoms with E-state index in [1.165, 1.54) is 5.56 Å². The molecular weight excluding hydrogens is 417 g/mol. The Labute approximate surface area is 144 Å². The Bertz CT molecular complexity index is 799. The number of hydrogen-bond acceptors (Lipinski definition) is 2. The molecule has 3 nitrogen and oxygen atoms in total. The Hall–Kier alpha value is -0.910. The summed E-state index contributed by atoms with van der Waals surface area (Å²) in [5.41, 5.74) is 2.86. The third-order valence-corrected chi connectivity index (χ3v) is 4.63. The van der Waals surface area contributed by atoms with Crippen molar-refractivity contribution in [1.82, 2.24) is 14.5 Å². The molecule has 0 radical (unpaired) electrons. The summed E-state index contributed by atoms with van der Waals surface area (Å²) < 4.78 is 4.05. The van der Waals surface area contributed by atoms with Gasteiger partial charge in [0, 0.05) is 15.1 Å². The normalized spacial score (nSPS) is 12.8. The van der Waals surface area contributed by atoms with Crippen LogP contribution in [0.5, 0.6) is 0 Å². The van der Waals surface area contributed by atoms with Crippen molar-refractivity contribution in [3.05, 3.63) is 56.9 Å². The van der Waals surface area contributed by atoms with E-state index >= 15 is 0 Å². The second-order valence-corrected chi connectivity index (χ2v) is 7.18. The molecule has 6 heteroatoms. The Morgan fingerprint density at radius 2 is 2.05 bits per heavy atom. The minimum absolute atomic E-state index is 0.180. The SMILES string of the molecule is CC(Cl)c1nc2cc(Br)cnc2n1Cc1ccccc1Br. The van der Waals surface area contributed by atoms with Gasteiger partial charge in [-0.3, -0.25) is 0 Å². The van der Waals surface area contributed by atoms with E-state index in [1.807, 2.05) is 31.2 Å². The number of benzene rings is 1. The van der Waals surface area contributed by atoms with Gasteiger partial charge in [0.1, 0.15) is 11.3 Å². The van der Waals surface area contributed by atoms with Gasteiger partial charge in [-0.15, -0.1) is 11.6 Å². The number of halogens is 3. The fraction of sp³-hybridized carbons (Fsp3) is 0.200. The van der Waals surface area contributed by atoms with Crippen LogP contribution in [0.4, 0.5) is 0 Å². The van der Waals surface area contributed by atoms with Crippen molar-refractivity contribution < 1.29 is 0 Å². The number of hydrogen-bond donors (Lipinski definition) is 0. The van der Waals surface area contributed by atoms with E-state index in [0.717, 1.165) is 25.9 Å². The summed E-state index contributed by atoms with van der Waals surface area (Å²) in [6.07, 6.45) is 1.78. The van der Waals surface area contributed by atoms with Crippen LogP contribution in [0, 0.1) is 0 Å². The highest BCUT2D eigenvalue weighted by Gasteiger charge is 2.17. The van der Waals surface area contributed by atoms with Gasteiger partial charge in [-0.05, 0) is 40.5 Å². The molecule has 1 atom stereocenters. The van der Waals surface area contributed by atoms with Crippen molar-refractivity contribution in [1.29, 1.82) is 0 Å². The van der Waals surface area contributed by atoms with Gasteiger partial charge in [-0.2, -0.15) is 0 Å². The van der Waals surface area contributed by atoms with Gasteiger partial charge in [-0.1, -0.05) is 34.1 Å². The second kappa shape index (κ2) is 6.07. The first-order valence-electron chi connectivity index (χ1n) is 6.45. The first-order valence-corrected chi connectivity index (χ1v) is 8.47. The largest absolute Gasteiger partial charge is 0.307 e. The molecular formula is C15H12Br2ClN3. The number of rotatable bonds is 3. The first-order chi connectivity index (χ1) is 10.1. The Morgan fingerprint density at radius 1 is 1.29 bits per heavy atom. The summed E-state index contributed by atoms with van der Waals surface area (Å²) in [5, 5.41) is -0.180. The Balaban J connectivity index is 2.16. The maximum absolute atomic E-state index is 6.29. The quantitative estimate of drug-likeness (QED) is 0.529. The van der Waals surface area contributed by atoms with Crippen molar-refractivity contribution in [2.45, 2.75) is 18.8 Å². The molecule has 3 aromatic rings. The molecule has 0 fully saturated rings. The molecule has 0 amide bonds. The molecule has 21 heavy (non-hydrogen) atoms. The predicted molar refractivity (Wildman–Crippen MR) is 92.7 cm³/mol. The fourth-order valence-electron chi connectivity index (χ4n) is 2.26. The number of aromatic nitrogens is 3. The van der Waals surface area contributed by atoms with E-state index in [0.29, 0.717) is 6.54 Å². The van der Waals surface area contributed by atoms with Crippen LogP contribution >= 0.6 is 43.5 Å². The van der Waals surface area contributed by atoms with Crippen molar-refractivity contribution in [2.24, 2.45) is 0 Å². The fourth-order valence-corrected chi connectivity index (χ4v) is 3.16. The molecule has 0 saturated heterocycles. The summed E-state index contributed by atoms with van der Waals surface area (Å²) in [4.78, 5) is 9.11. The highest BCUT2D eigenvalue weighted by molar-refractivity contribution is 9.10. The standard InChI is InChI=1S/C15H12Br2ClN3/c1-9(18)14-20-13-6-11(16)7-19-15(13)21(14)8-10-4-2-3-5-12(10)17/h2-7,9H,8H2,1H3. The van der Waals surface area contributed by atoms with E-state index in [9.17, 15) is 0 Å². The minimum Gasteiger partial charge on any atom is -0.307 e. The van der Waals surface area contributed by atoms with Crippen LogP contribution in [-0.2, 0) is 6.54 Å². The van der Waals surface area contributed by atoms with Gasteiger partial charge in [0.25, 0.3) is 0 Å². The zero-order chi connectivity index (χ0) is 15.0.